The molecule has 0 heterocycles. The van der Waals surface area contributed by atoms with Gasteiger partial charge in [-0.2, -0.15) is 0 Å². The highest BCUT2D eigenvalue weighted by Gasteiger charge is 2.24. The van der Waals surface area contributed by atoms with E-state index in [1.807, 2.05) is 37.3 Å². The first-order valence-electron chi connectivity index (χ1n) is 18.1. The second-order valence-corrected chi connectivity index (χ2v) is 13.4. The lowest BCUT2D eigenvalue weighted by atomic mass is 9.96. The topological polar surface area (TPSA) is 58.9 Å². The number of hydrogen-bond donors (Lipinski definition) is 2. The van der Waals surface area contributed by atoms with Gasteiger partial charge in [0.05, 0.1) is 6.10 Å². The average molecular weight is 661 g/mol. The number of phenols is 2. The Morgan fingerprint density at radius 2 is 1.10 bits per heavy atom. The van der Waals surface area contributed by atoms with Crippen LogP contribution in [-0.4, -0.2) is 16.5 Å². The van der Waals surface area contributed by atoms with Crippen LogP contribution in [0.5, 0.6) is 17.2 Å². The highest BCUT2D eigenvalue weighted by Crippen LogP contribution is 2.35. The van der Waals surface area contributed by atoms with E-state index in [0.717, 1.165) is 43.2 Å². The van der Waals surface area contributed by atoms with E-state index < -0.39 is 0 Å². The Morgan fingerprint density at radius 3 is 1.73 bits per heavy atom. The van der Waals surface area contributed by atoms with Crippen molar-refractivity contribution < 1.29 is 19.7 Å². The van der Waals surface area contributed by atoms with Crippen molar-refractivity contribution in [1.82, 2.24) is 0 Å². The fourth-order valence-electron chi connectivity index (χ4n) is 6.05. The van der Waals surface area contributed by atoms with Crippen LogP contribution in [0.4, 0.5) is 0 Å². The fraction of sp³-hybridized carbons (Fsp3) is 0.378. The molecule has 0 amide bonds. The molecule has 0 saturated heterocycles. The van der Waals surface area contributed by atoms with Crippen molar-refractivity contribution in [2.45, 2.75) is 111 Å². The van der Waals surface area contributed by atoms with Gasteiger partial charge in [0, 0.05) is 0 Å². The van der Waals surface area contributed by atoms with Crippen molar-refractivity contribution in [1.29, 1.82) is 0 Å². The summed E-state index contributed by atoms with van der Waals surface area (Å²) in [5.41, 5.74) is 6.75. The van der Waals surface area contributed by atoms with Gasteiger partial charge in [0.1, 0.15) is 17.2 Å². The van der Waals surface area contributed by atoms with Gasteiger partial charge in [-0.25, -0.2) is 0 Å². The molecule has 260 valence electrons. The molecule has 4 nitrogen and oxygen atoms in total. The normalized spacial score (nSPS) is 15.9. The number of ether oxygens (including phenoxy) is 2. The molecule has 0 spiro atoms. The molecule has 1 aliphatic carbocycles. The van der Waals surface area contributed by atoms with Crippen LogP contribution in [0.2, 0.25) is 0 Å². The number of phenolic OH excluding ortho intramolecular Hbond substituents is 2. The second kappa shape index (κ2) is 18.5. The van der Waals surface area contributed by atoms with Crippen LogP contribution in [-0.2, 0) is 11.2 Å². The zero-order chi connectivity index (χ0) is 35.3. The third-order valence-corrected chi connectivity index (χ3v) is 9.90. The first-order chi connectivity index (χ1) is 23.6. The SMILES string of the molecule is CCC(C)c1ccc(O)cc1.CCC(C)c1ccc(OC(C)OC2CCc3ccccc32)cc1.CCC(C)c1ccc2cc(O)ccc2c1. The Kier molecular flexibility index (Phi) is 14.2. The third-order valence-electron chi connectivity index (χ3n) is 9.90. The van der Waals surface area contributed by atoms with Crippen LogP contribution in [0.15, 0.2) is 109 Å². The summed E-state index contributed by atoms with van der Waals surface area (Å²) in [6, 6.07) is 36.3. The summed E-state index contributed by atoms with van der Waals surface area (Å²) in [6.07, 6.45) is 5.49. The van der Waals surface area contributed by atoms with Crippen LogP contribution in [0.3, 0.4) is 0 Å². The molecule has 5 aromatic carbocycles. The van der Waals surface area contributed by atoms with Crippen LogP contribution in [0, 0.1) is 0 Å². The van der Waals surface area contributed by atoms with Gasteiger partial charge < -0.3 is 19.7 Å². The van der Waals surface area contributed by atoms with Gasteiger partial charge in [0.25, 0.3) is 0 Å². The zero-order valence-electron chi connectivity index (χ0n) is 30.5. The van der Waals surface area contributed by atoms with E-state index in [1.165, 1.54) is 33.2 Å². The first kappa shape index (κ1) is 37.5. The molecule has 5 aromatic rings. The molecule has 0 bridgehead atoms. The molecule has 2 N–H and O–H groups in total. The molecule has 49 heavy (non-hydrogen) atoms. The van der Waals surface area contributed by atoms with E-state index in [2.05, 4.69) is 96.1 Å². The van der Waals surface area contributed by atoms with Crippen molar-refractivity contribution >= 4 is 10.8 Å². The van der Waals surface area contributed by atoms with Gasteiger partial charge in [-0.1, -0.05) is 114 Å². The lowest BCUT2D eigenvalue weighted by molar-refractivity contribution is -0.108. The molecule has 0 aromatic heterocycles. The predicted molar refractivity (Wildman–Crippen MR) is 205 cm³/mol. The molecule has 0 fully saturated rings. The number of rotatable bonds is 10. The highest BCUT2D eigenvalue weighted by molar-refractivity contribution is 5.84. The molecule has 4 heteroatoms. The molecule has 0 aliphatic heterocycles. The molecule has 1 aliphatic rings. The summed E-state index contributed by atoms with van der Waals surface area (Å²) in [7, 11) is 0. The summed E-state index contributed by atoms with van der Waals surface area (Å²) in [6.45, 7) is 15.2. The van der Waals surface area contributed by atoms with Crippen molar-refractivity contribution in [3.63, 3.8) is 0 Å². The van der Waals surface area contributed by atoms with E-state index in [-0.39, 0.29) is 12.4 Å². The van der Waals surface area contributed by atoms with Crippen LogP contribution in [0.25, 0.3) is 10.8 Å². The number of aromatic hydroxyl groups is 2. The summed E-state index contributed by atoms with van der Waals surface area (Å²) >= 11 is 0. The first-order valence-corrected chi connectivity index (χ1v) is 18.1. The molecule has 0 saturated carbocycles. The maximum Gasteiger partial charge on any atom is 0.197 e. The standard InChI is InChI=1S/C21H26O2.C14H16O.C10H14O/c1-4-15(2)17-9-12-19(13-10-17)22-16(3)23-21-14-11-18-7-5-6-8-20(18)21;1-3-10(2)11-4-5-13-9-14(15)7-6-12(13)8-11;1-3-8(2)9-4-6-10(11)7-5-9/h5-10,12-13,15-16,21H,4,11,14H2,1-3H3;4-10,15H,3H2,1-2H3;4-8,11H,3H2,1-2H3. The van der Waals surface area contributed by atoms with Crippen LogP contribution in [0.1, 0.15) is 126 Å². The molecular formula is C45H56O4. The van der Waals surface area contributed by atoms with Crippen LogP contribution >= 0.6 is 0 Å². The predicted octanol–water partition coefficient (Wildman–Crippen LogP) is 12.6. The Labute approximate surface area is 294 Å². The van der Waals surface area contributed by atoms with Crippen molar-refractivity contribution in [2.75, 3.05) is 0 Å². The van der Waals surface area contributed by atoms with E-state index in [0.29, 0.717) is 29.3 Å². The third kappa shape index (κ3) is 10.9. The Hall–Kier alpha value is -4.28. The Morgan fingerprint density at radius 1 is 0.592 bits per heavy atom. The number of hydrogen-bond acceptors (Lipinski definition) is 4. The van der Waals surface area contributed by atoms with Gasteiger partial charge in [-0.15, -0.1) is 0 Å². The largest absolute Gasteiger partial charge is 0.508 e. The van der Waals surface area contributed by atoms with E-state index in [1.54, 1.807) is 24.3 Å². The maximum atomic E-state index is 9.35. The minimum absolute atomic E-state index is 0.153. The van der Waals surface area contributed by atoms with E-state index >= 15 is 0 Å². The van der Waals surface area contributed by atoms with Crippen molar-refractivity contribution in [2.24, 2.45) is 0 Å². The second-order valence-electron chi connectivity index (χ2n) is 13.4. The zero-order valence-corrected chi connectivity index (χ0v) is 30.5. The maximum absolute atomic E-state index is 9.35. The summed E-state index contributed by atoms with van der Waals surface area (Å²) in [5.74, 6) is 3.33. The number of aryl methyl sites for hydroxylation is 1. The lowest BCUT2D eigenvalue weighted by Crippen LogP contribution is -2.18. The van der Waals surface area contributed by atoms with Gasteiger partial charge in [-0.05, 0) is 132 Å². The van der Waals surface area contributed by atoms with Gasteiger partial charge in [-0.3, -0.25) is 0 Å². The molecule has 5 atom stereocenters. The summed E-state index contributed by atoms with van der Waals surface area (Å²) in [5, 5.41) is 20.7. The van der Waals surface area contributed by atoms with Crippen molar-refractivity contribution in [3.05, 3.63) is 137 Å². The molecular weight excluding hydrogens is 604 g/mol. The van der Waals surface area contributed by atoms with Gasteiger partial charge >= 0.3 is 0 Å². The van der Waals surface area contributed by atoms with Crippen molar-refractivity contribution in [3.8, 4) is 17.2 Å². The monoisotopic (exact) mass is 660 g/mol. The average Bonchev–Trinajstić information content (AvgIpc) is 3.53. The minimum Gasteiger partial charge on any atom is -0.508 e. The van der Waals surface area contributed by atoms with E-state index in [9.17, 15) is 5.11 Å². The fourth-order valence-corrected chi connectivity index (χ4v) is 6.05. The van der Waals surface area contributed by atoms with Crippen LogP contribution < -0.4 is 4.74 Å². The molecule has 6 rings (SSSR count). The van der Waals surface area contributed by atoms with Gasteiger partial charge in [0.15, 0.2) is 6.29 Å². The smallest absolute Gasteiger partial charge is 0.197 e. The molecule has 0 radical (unpaired) electrons. The van der Waals surface area contributed by atoms with Gasteiger partial charge in [0.2, 0.25) is 0 Å². The quantitative estimate of drug-likeness (QED) is 0.146. The summed E-state index contributed by atoms with van der Waals surface area (Å²) in [4.78, 5) is 0. The number of benzene rings is 5. The lowest BCUT2D eigenvalue weighted by Gasteiger charge is -2.21. The van der Waals surface area contributed by atoms with E-state index in [4.69, 9.17) is 14.6 Å². The Bertz CT molecular complexity index is 1710. The minimum atomic E-state index is -0.249. The Balaban J connectivity index is 0.000000179. The molecule has 5 unspecified atom stereocenters. The summed E-state index contributed by atoms with van der Waals surface area (Å²) < 4.78 is 12.1. The highest BCUT2D eigenvalue weighted by atomic mass is 16.7. The number of fused-ring (bicyclic) bond motifs is 2.